The summed E-state index contributed by atoms with van der Waals surface area (Å²) < 4.78 is 29.8. The summed E-state index contributed by atoms with van der Waals surface area (Å²) in [6, 6.07) is 7.19. The van der Waals surface area contributed by atoms with Crippen molar-refractivity contribution in [3.8, 4) is 5.75 Å². The second-order valence-corrected chi connectivity index (χ2v) is 3.61. The van der Waals surface area contributed by atoms with Crippen molar-refractivity contribution >= 4 is 5.78 Å². The summed E-state index contributed by atoms with van der Waals surface area (Å²) in [6.45, 7) is -2.91. The molecule has 6 heteroatoms. The Bertz CT molecular complexity index is 567. The van der Waals surface area contributed by atoms with Crippen LogP contribution in [0.3, 0.4) is 0 Å². The average Bonchev–Trinajstić information content (AvgIpc) is 2.74. The standard InChI is InChI=1S/C12H10F2N2O2/c1-16-6-5-10(15-16)11(17)8-3-2-4-9(7-8)18-12(13)14/h2-7,12H,1H3. The van der Waals surface area contributed by atoms with Gasteiger partial charge in [-0.15, -0.1) is 0 Å². The molecule has 0 spiro atoms. The molecule has 0 N–H and O–H groups in total. The fourth-order valence-corrected chi connectivity index (χ4v) is 1.50. The summed E-state index contributed by atoms with van der Waals surface area (Å²) in [7, 11) is 1.69. The van der Waals surface area contributed by atoms with Crippen molar-refractivity contribution in [3.63, 3.8) is 0 Å². The Balaban J connectivity index is 2.25. The largest absolute Gasteiger partial charge is 0.435 e. The van der Waals surface area contributed by atoms with E-state index in [1.165, 1.54) is 28.9 Å². The second kappa shape index (κ2) is 4.95. The molecule has 4 nitrogen and oxygen atoms in total. The van der Waals surface area contributed by atoms with Gasteiger partial charge in [-0.2, -0.15) is 13.9 Å². The number of aryl methyl sites for hydroxylation is 1. The van der Waals surface area contributed by atoms with Gasteiger partial charge >= 0.3 is 6.61 Å². The Morgan fingerprint density at radius 2 is 2.17 bits per heavy atom. The number of ether oxygens (including phenoxy) is 1. The third-order valence-electron chi connectivity index (χ3n) is 2.27. The summed E-state index contributed by atoms with van der Waals surface area (Å²) >= 11 is 0. The first-order valence-corrected chi connectivity index (χ1v) is 5.15. The molecule has 0 aliphatic heterocycles. The molecule has 0 saturated carbocycles. The van der Waals surface area contributed by atoms with Crippen LogP contribution in [0.2, 0.25) is 0 Å². The molecular formula is C12H10F2N2O2. The highest BCUT2D eigenvalue weighted by Crippen LogP contribution is 2.17. The summed E-state index contributed by atoms with van der Waals surface area (Å²) in [5, 5.41) is 3.96. The van der Waals surface area contributed by atoms with E-state index in [1.54, 1.807) is 19.3 Å². The van der Waals surface area contributed by atoms with Gasteiger partial charge in [-0.05, 0) is 18.2 Å². The monoisotopic (exact) mass is 252 g/mol. The van der Waals surface area contributed by atoms with Crippen LogP contribution >= 0.6 is 0 Å². The van der Waals surface area contributed by atoms with Gasteiger partial charge in [0.25, 0.3) is 0 Å². The molecule has 2 rings (SSSR count). The zero-order valence-corrected chi connectivity index (χ0v) is 9.51. The van der Waals surface area contributed by atoms with E-state index in [0.717, 1.165) is 0 Å². The minimum Gasteiger partial charge on any atom is -0.435 e. The number of benzene rings is 1. The van der Waals surface area contributed by atoms with E-state index >= 15 is 0 Å². The van der Waals surface area contributed by atoms with Crippen LogP contribution < -0.4 is 4.74 Å². The molecule has 0 radical (unpaired) electrons. The van der Waals surface area contributed by atoms with E-state index in [1.807, 2.05) is 0 Å². The molecule has 0 aliphatic rings. The Morgan fingerprint density at radius 3 is 2.78 bits per heavy atom. The number of aromatic nitrogens is 2. The summed E-state index contributed by atoms with van der Waals surface area (Å²) in [5.41, 5.74) is 0.513. The highest BCUT2D eigenvalue weighted by Gasteiger charge is 2.13. The van der Waals surface area contributed by atoms with Crippen molar-refractivity contribution in [2.24, 2.45) is 7.05 Å². The van der Waals surface area contributed by atoms with Crippen molar-refractivity contribution in [2.75, 3.05) is 0 Å². The number of hydrogen-bond acceptors (Lipinski definition) is 3. The highest BCUT2D eigenvalue weighted by atomic mass is 19.3. The first-order valence-electron chi connectivity index (χ1n) is 5.15. The maximum Gasteiger partial charge on any atom is 0.387 e. The summed E-state index contributed by atoms with van der Waals surface area (Å²) in [5.74, 6) is -0.387. The van der Waals surface area contributed by atoms with Crippen molar-refractivity contribution in [1.82, 2.24) is 9.78 Å². The Hall–Kier alpha value is -2.24. The highest BCUT2D eigenvalue weighted by molar-refractivity contribution is 6.07. The number of ketones is 1. The number of rotatable bonds is 4. The minimum absolute atomic E-state index is 0.0493. The lowest BCUT2D eigenvalue weighted by atomic mass is 10.1. The quantitative estimate of drug-likeness (QED) is 0.784. The molecule has 1 heterocycles. The number of carbonyl (C=O) groups excluding carboxylic acids is 1. The molecular weight excluding hydrogens is 242 g/mol. The van der Waals surface area contributed by atoms with Gasteiger partial charge in [-0.1, -0.05) is 12.1 Å². The maximum atomic E-state index is 12.1. The molecule has 1 aromatic carbocycles. The molecule has 0 saturated heterocycles. The minimum atomic E-state index is -2.91. The second-order valence-electron chi connectivity index (χ2n) is 3.61. The predicted molar refractivity (Wildman–Crippen MR) is 59.7 cm³/mol. The van der Waals surface area contributed by atoms with Crippen LogP contribution in [0.5, 0.6) is 5.75 Å². The maximum absolute atomic E-state index is 12.1. The fraction of sp³-hybridized carbons (Fsp3) is 0.167. The first kappa shape index (κ1) is 12.2. The van der Waals surface area contributed by atoms with Crippen LogP contribution in [-0.2, 0) is 7.05 Å². The van der Waals surface area contributed by atoms with Gasteiger partial charge in [-0.3, -0.25) is 9.48 Å². The number of alkyl halides is 2. The molecule has 18 heavy (non-hydrogen) atoms. The smallest absolute Gasteiger partial charge is 0.387 e. The lowest BCUT2D eigenvalue weighted by molar-refractivity contribution is -0.0498. The van der Waals surface area contributed by atoms with E-state index < -0.39 is 6.61 Å². The van der Waals surface area contributed by atoms with Gasteiger partial charge < -0.3 is 4.74 Å². The fourth-order valence-electron chi connectivity index (χ4n) is 1.50. The van der Waals surface area contributed by atoms with Gasteiger partial charge in [0.2, 0.25) is 5.78 Å². The van der Waals surface area contributed by atoms with Gasteiger partial charge in [0, 0.05) is 18.8 Å². The molecule has 0 bridgehead atoms. The molecule has 94 valence electrons. The average molecular weight is 252 g/mol. The van der Waals surface area contributed by atoms with Gasteiger partial charge in [-0.25, -0.2) is 0 Å². The van der Waals surface area contributed by atoms with Crippen molar-refractivity contribution < 1.29 is 18.3 Å². The molecule has 0 amide bonds. The van der Waals surface area contributed by atoms with Crippen LogP contribution in [-0.4, -0.2) is 22.2 Å². The van der Waals surface area contributed by atoms with E-state index in [4.69, 9.17) is 0 Å². The molecule has 1 aromatic heterocycles. The first-order chi connectivity index (χ1) is 8.56. The van der Waals surface area contributed by atoms with Crippen LogP contribution in [0.1, 0.15) is 16.1 Å². The molecule has 0 atom stereocenters. The molecule has 0 unspecified atom stereocenters. The third-order valence-corrected chi connectivity index (χ3v) is 2.27. The van der Waals surface area contributed by atoms with E-state index in [0.29, 0.717) is 0 Å². The Labute approximate surface area is 102 Å². The number of hydrogen-bond donors (Lipinski definition) is 0. The summed E-state index contributed by atoms with van der Waals surface area (Å²) in [4.78, 5) is 12.0. The van der Waals surface area contributed by atoms with Crippen molar-refractivity contribution in [2.45, 2.75) is 6.61 Å². The normalized spacial score (nSPS) is 10.7. The zero-order chi connectivity index (χ0) is 13.1. The van der Waals surface area contributed by atoms with Crippen molar-refractivity contribution in [3.05, 3.63) is 47.8 Å². The van der Waals surface area contributed by atoms with Crippen LogP contribution in [0, 0.1) is 0 Å². The van der Waals surface area contributed by atoms with E-state index in [9.17, 15) is 13.6 Å². The Morgan fingerprint density at radius 1 is 1.39 bits per heavy atom. The molecule has 2 aromatic rings. The SMILES string of the molecule is Cn1ccc(C(=O)c2cccc(OC(F)F)c2)n1. The van der Waals surface area contributed by atoms with Crippen LogP contribution in [0.25, 0.3) is 0 Å². The lowest BCUT2D eigenvalue weighted by Gasteiger charge is -2.05. The van der Waals surface area contributed by atoms with Crippen LogP contribution in [0.4, 0.5) is 8.78 Å². The van der Waals surface area contributed by atoms with Crippen LogP contribution in [0.15, 0.2) is 36.5 Å². The Kier molecular flexibility index (Phi) is 3.36. The molecule has 0 fully saturated rings. The van der Waals surface area contributed by atoms with Crippen molar-refractivity contribution in [1.29, 1.82) is 0 Å². The number of nitrogens with zero attached hydrogens (tertiary/aromatic N) is 2. The predicted octanol–water partition coefficient (Wildman–Crippen LogP) is 2.25. The number of halogens is 2. The van der Waals surface area contributed by atoms with Gasteiger partial charge in [0.05, 0.1) is 0 Å². The lowest BCUT2D eigenvalue weighted by Crippen LogP contribution is -2.06. The molecule has 0 aliphatic carbocycles. The summed E-state index contributed by atoms with van der Waals surface area (Å²) in [6.07, 6.45) is 1.63. The van der Waals surface area contributed by atoms with Gasteiger partial charge in [0.1, 0.15) is 11.4 Å². The van der Waals surface area contributed by atoms with E-state index in [-0.39, 0.29) is 22.8 Å². The van der Waals surface area contributed by atoms with E-state index in [2.05, 4.69) is 9.84 Å². The number of carbonyl (C=O) groups is 1. The zero-order valence-electron chi connectivity index (χ0n) is 9.51. The van der Waals surface area contributed by atoms with Gasteiger partial charge in [0.15, 0.2) is 0 Å². The topological polar surface area (TPSA) is 44.1 Å². The third kappa shape index (κ3) is 2.71.